The molecule has 2 aromatic heterocycles. The smallest absolute Gasteiger partial charge is 0.199 e. The molecular weight excluding hydrogens is 392 g/mol. The molecule has 1 saturated carbocycles. The maximum atomic E-state index is 9.76. The first kappa shape index (κ1) is 21.0. The van der Waals surface area contributed by atoms with Gasteiger partial charge in [-0.25, -0.2) is 4.98 Å². The number of pyridine rings is 1. The molecule has 2 heterocycles. The van der Waals surface area contributed by atoms with Crippen molar-refractivity contribution in [2.75, 3.05) is 20.8 Å². The number of nitrogens with zero attached hydrogens (tertiary/aromatic N) is 3. The molecule has 1 aliphatic rings. The van der Waals surface area contributed by atoms with Crippen molar-refractivity contribution in [2.24, 2.45) is 11.7 Å². The van der Waals surface area contributed by atoms with Crippen LogP contribution in [0, 0.1) is 17.2 Å². The van der Waals surface area contributed by atoms with Crippen LogP contribution in [0.1, 0.15) is 38.2 Å². The Morgan fingerprint density at radius 2 is 2.06 bits per heavy atom. The number of hydrogen-bond donors (Lipinski definition) is 1. The van der Waals surface area contributed by atoms with Crippen molar-refractivity contribution in [3.05, 3.63) is 42.1 Å². The van der Waals surface area contributed by atoms with E-state index in [0.717, 1.165) is 42.6 Å². The lowest BCUT2D eigenvalue weighted by Crippen LogP contribution is -2.43. The second-order valence-electron chi connectivity index (χ2n) is 8.24. The fourth-order valence-electron chi connectivity index (χ4n) is 4.46. The lowest BCUT2D eigenvalue weighted by Gasteiger charge is -2.25. The van der Waals surface area contributed by atoms with Gasteiger partial charge in [-0.1, -0.05) is 19.4 Å². The molecule has 0 unspecified atom stereocenters. The Bertz CT molecular complexity index is 1130. The van der Waals surface area contributed by atoms with Crippen molar-refractivity contribution in [3.63, 3.8) is 0 Å². The number of benzene rings is 1. The van der Waals surface area contributed by atoms with Crippen LogP contribution < -0.4 is 19.9 Å². The fraction of sp³-hybridized carbons (Fsp3) is 0.417. The molecule has 0 saturated heterocycles. The molecule has 0 radical (unpaired) electrons. The van der Waals surface area contributed by atoms with Gasteiger partial charge in [-0.3, -0.25) is 4.40 Å². The molecule has 31 heavy (non-hydrogen) atoms. The van der Waals surface area contributed by atoms with E-state index in [9.17, 15) is 5.26 Å². The van der Waals surface area contributed by atoms with Gasteiger partial charge in [0.15, 0.2) is 5.88 Å². The summed E-state index contributed by atoms with van der Waals surface area (Å²) in [4.78, 5) is 4.49. The second-order valence-corrected chi connectivity index (χ2v) is 8.24. The van der Waals surface area contributed by atoms with Gasteiger partial charge < -0.3 is 19.9 Å². The van der Waals surface area contributed by atoms with Crippen LogP contribution in [-0.2, 0) is 0 Å². The molecule has 1 fully saturated rings. The summed E-state index contributed by atoms with van der Waals surface area (Å²) in [6.45, 7) is 2.56. The second kappa shape index (κ2) is 8.48. The summed E-state index contributed by atoms with van der Waals surface area (Å²) in [5, 5.41) is 9.76. The maximum Gasteiger partial charge on any atom is 0.199 e. The Labute approximate surface area is 182 Å². The Morgan fingerprint density at radius 1 is 1.26 bits per heavy atom. The van der Waals surface area contributed by atoms with E-state index < -0.39 is 0 Å². The number of hydrogen-bond acceptors (Lipinski definition) is 6. The molecule has 7 nitrogen and oxygen atoms in total. The van der Waals surface area contributed by atoms with Gasteiger partial charge in [0, 0.05) is 5.56 Å². The van der Waals surface area contributed by atoms with Gasteiger partial charge in [0.1, 0.15) is 35.4 Å². The molecule has 2 atom stereocenters. The van der Waals surface area contributed by atoms with E-state index >= 15 is 0 Å². The Hall–Kier alpha value is -3.24. The topological polar surface area (TPSA) is 94.8 Å². The van der Waals surface area contributed by atoms with E-state index in [1.54, 1.807) is 20.4 Å². The van der Waals surface area contributed by atoms with Crippen LogP contribution in [0.15, 0.2) is 36.5 Å². The monoisotopic (exact) mass is 420 g/mol. The molecule has 7 heteroatoms. The normalized spacial score (nSPS) is 20.5. The number of aromatic nitrogens is 2. The van der Waals surface area contributed by atoms with Gasteiger partial charge in [-0.05, 0) is 49.4 Å². The Balaban J connectivity index is 1.74. The number of methoxy groups -OCH3 is 2. The summed E-state index contributed by atoms with van der Waals surface area (Å²) in [7, 11) is 3.17. The van der Waals surface area contributed by atoms with E-state index in [1.165, 1.54) is 0 Å². The highest BCUT2D eigenvalue weighted by atomic mass is 16.5. The van der Waals surface area contributed by atoms with Crippen molar-refractivity contribution in [3.8, 4) is 34.7 Å². The zero-order chi connectivity index (χ0) is 22.0. The van der Waals surface area contributed by atoms with Gasteiger partial charge in [0.05, 0.1) is 31.6 Å². The minimum absolute atomic E-state index is 0.362. The number of nitrogens with two attached hydrogens (primary N) is 1. The largest absolute Gasteiger partial charge is 0.495 e. The molecule has 0 bridgehead atoms. The van der Waals surface area contributed by atoms with Crippen molar-refractivity contribution in [1.29, 1.82) is 5.26 Å². The zero-order valence-corrected chi connectivity index (χ0v) is 18.2. The van der Waals surface area contributed by atoms with Crippen molar-refractivity contribution < 1.29 is 14.2 Å². The van der Waals surface area contributed by atoms with Gasteiger partial charge >= 0.3 is 0 Å². The average Bonchev–Trinajstić information content (AvgIpc) is 3.40. The average molecular weight is 421 g/mol. The number of ether oxygens (including phenoxy) is 3. The van der Waals surface area contributed by atoms with E-state index in [1.807, 2.05) is 34.7 Å². The first-order valence-corrected chi connectivity index (χ1v) is 10.6. The minimum atomic E-state index is -0.372. The maximum absolute atomic E-state index is 9.76. The van der Waals surface area contributed by atoms with Crippen LogP contribution in [-0.4, -0.2) is 35.8 Å². The number of nitriles is 1. The number of rotatable bonds is 7. The predicted molar refractivity (Wildman–Crippen MR) is 118 cm³/mol. The summed E-state index contributed by atoms with van der Waals surface area (Å²) in [6, 6.07) is 11.6. The van der Waals surface area contributed by atoms with Crippen LogP contribution >= 0.6 is 0 Å². The summed E-state index contributed by atoms with van der Waals surface area (Å²) in [5.41, 5.74) is 8.99. The summed E-state index contributed by atoms with van der Waals surface area (Å²) < 4.78 is 19.1. The first-order valence-electron chi connectivity index (χ1n) is 10.6. The standard InChI is InChI=1S/C24H28N4O3/c1-4-16-8-9-24(26,12-16)15-31-21-11-17(10-20(29-2)18(21)13-25)19-14-27-22-6-5-7-23(30-3)28(19)22/h5-7,10-11,14,16H,4,8-9,12,15,26H2,1-3H3/t16-,24-/m0/s1. The zero-order valence-electron chi connectivity index (χ0n) is 18.2. The van der Waals surface area contributed by atoms with Gasteiger partial charge in [-0.15, -0.1) is 0 Å². The first-order chi connectivity index (χ1) is 15.0. The van der Waals surface area contributed by atoms with E-state index in [4.69, 9.17) is 19.9 Å². The molecule has 3 aromatic rings. The summed E-state index contributed by atoms with van der Waals surface area (Å²) >= 11 is 0. The number of fused-ring (bicyclic) bond motifs is 1. The third-order valence-corrected chi connectivity index (χ3v) is 6.23. The van der Waals surface area contributed by atoms with Gasteiger partial charge in [0.2, 0.25) is 0 Å². The van der Waals surface area contributed by atoms with Crippen molar-refractivity contribution in [1.82, 2.24) is 9.38 Å². The molecule has 0 spiro atoms. The van der Waals surface area contributed by atoms with Crippen molar-refractivity contribution >= 4 is 5.65 Å². The highest BCUT2D eigenvalue weighted by Gasteiger charge is 2.36. The van der Waals surface area contributed by atoms with Crippen LogP contribution in [0.25, 0.3) is 16.9 Å². The van der Waals surface area contributed by atoms with Crippen LogP contribution in [0.2, 0.25) is 0 Å². The lowest BCUT2D eigenvalue weighted by molar-refractivity contribution is 0.214. The number of imidazole rings is 1. The van der Waals surface area contributed by atoms with Crippen molar-refractivity contribution in [2.45, 2.75) is 38.1 Å². The van der Waals surface area contributed by atoms with Gasteiger partial charge in [0.25, 0.3) is 0 Å². The molecule has 0 amide bonds. The van der Waals surface area contributed by atoms with Crippen LogP contribution in [0.4, 0.5) is 0 Å². The van der Waals surface area contributed by atoms with E-state index in [2.05, 4.69) is 18.0 Å². The predicted octanol–water partition coefficient (Wildman–Crippen LogP) is 4.18. The van der Waals surface area contributed by atoms with E-state index in [0.29, 0.717) is 35.5 Å². The van der Waals surface area contributed by atoms with Crippen LogP contribution in [0.3, 0.4) is 0 Å². The minimum Gasteiger partial charge on any atom is -0.495 e. The highest BCUT2D eigenvalue weighted by molar-refractivity contribution is 5.71. The van der Waals surface area contributed by atoms with Crippen LogP contribution in [0.5, 0.6) is 17.4 Å². The molecule has 0 aliphatic heterocycles. The third-order valence-electron chi connectivity index (χ3n) is 6.23. The van der Waals surface area contributed by atoms with Gasteiger partial charge in [-0.2, -0.15) is 5.26 Å². The molecule has 4 rings (SSSR count). The summed E-state index contributed by atoms with van der Waals surface area (Å²) in [5.74, 6) is 2.21. The lowest BCUT2D eigenvalue weighted by atomic mass is 9.97. The molecule has 1 aromatic carbocycles. The molecule has 162 valence electrons. The Kier molecular flexibility index (Phi) is 5.75. The highest BCUT2D eigenvalue weighted by Crippen LogP contribution is 2.38. The summed E-state index contributed by atoms with van der Waals surface area (Å²) in [6.07, 6.45) is 5.88. The molecular formula is C24H28N4O3. The molecule has 2 N–H and O–H groups in total. The Morgan fingerprint density at radius 3 is 2.74 bits per heavy atom. The quantitative estimate of drug-likeness (QED) is 0.616. The fourth-order valence-corrected chi connectivity index (χ4v) is 4.46. The van der Waals surface area contributed by atoms with E-state index in [-0.39, 0.29) is 5.54 Å². The SMILES string of the molecule is CC[C@H]1CC[C@@](N)(COc2cc(-c3cnc4cccc(OC)n34)cc(OC)c2C#N)C1. The third kappa shape index (κ3) is 3.91. The molecule has 1 aliphatic carbocycles.